The van der Waals surface area contributed by atoms with E-state index in [-0.39, 0.29) is 11.1 Å². The van der Waals surface area contributed by atoms with Crippen LogP contribution >= 0.6 is 0 Å². The SMILES string of the molecule is CN(C)CN(C)C(C)(C)C.CN(C)CN(O)C(C)(C)C. The molecule has 0 aliphatic heterocycles. The van der Waals surface area contributed by atoms with Crippen molar-refractivity contribution < 1.29 is 5.21 Å². The van der Waals surface area contributed by atoms with Crippen LogP contribution in [0.15, 0.2) is 0 Å². The maximum absolute atomic E-state index is 9.35. The molecule has 0 aromatic rings. The third-order valence-corrected chi connectivity index (χ3v) is 2.83. The highest BCUT2D eigenvalue weighted by atomic mass is 16.5. The average Bonchev–Trinajstić information content (AvgIpc) is 2.13. The quantitative estimate of drug-likeness (QED) is 0.634. The molecule has 0 aromatic heterocycles. The summed E-state index contributed by atoms with van der Waals surface area (Å²) in [7, 11) is 10.2. The van der Waals surface area contributed by atoms with Gasteiger partial charge in [-0.3, -0.25) is 14.7 Å². The molecular formula is C15H38N4O. The van der Waals surface area contributed by atoms with Crippen molar-refractivity contribution in [1.29, 1.82) is 0 Å². The van der Waals surface area contributed by atoms with Crippen molar-refractivity contribution in [2.24, 2.45) is 0 Å². The van der Waals surface area contributed by atoms with Gasteiger partial charge in [0.2, 0.25) is 0 Å². The van der Waals surface area contributed by atoms with Crippen LogP contribution in [0, 0.1) is 0 Å². The molecule has 0 spiro atoms. The molecule has 0 fully saturated rings. The highest BCUT2D eigenvalue weighted by Crippen LogP contribution is 2.09. The van der Waals surface area contributed by atoms with Crippen LogP contribution in [0.4, 0.5) is 0 Å². The van der Waals surface area contributed by atoms with E-state index < -0.39 is 0 Å². The van der Waals surface area contributed by atoms with Gasteiger partial charge in [-0.2, -0.15) is 5.06 Å². The van der Waals surface area contributed by atoms with Gasteiger partial charge in [0, 0.05) is 11.1 Å². The minimum Gasteiger partial charge on any atom is -0.312 e. The zero-order valence-corrected chi connectivity index (χ0v) is 15.7. The minimum atomic E-state index is -0.162. The second-order valence-electron chi connectivity index (χ2n) is 7.88. The highest BCUT2D eigenvalue weighted by Gasteiger charge is 2.19. The molecule has 0 amide bonds. The molecule has 0 bridgehead atoms. The van der Waals surface area contributed by atoms with Gasteiger partial charge in [0.15, 0.2) is 0 Å². The van der Waals surface area contributed by atoms with Crippen LogP contribution in [0.1, 0.15) is 41.5 Å². The number of rotatable bonds is 4. The molecule has 0 saturated heterocycles. The Morgan fingerprint density at radius 1 is 0.650 bits per heavy atom. The fourth-order valence-corrected chi connectivity index (χ4v) is 1.12. The van der Waals surface area contributed by atoms with Crippen LogP contribution < -0.4 is 0 Å². The zero-order chi connectivity index (χ0) is 16.7. The predicted octanol–water partition coefficient (Wildman–Crippen LogP) is 2.23. The lowest BCUT2D eigenvalue weighted by atomic mass is 10.1. The Hall–Kier alpha value is -0.200. The summed E-state index contributed by atoms with van der Waals surface area (Å²) in [6.45, 7) is 14.2. The smallest absolute Gasteiger partial charge is 0.0755 e. The van der Waals surface area contributed by atoms with Gasteiger partial charge in [0.05, 0.1) is 13.3 Å². The molecule has 0 atom stereocenters. The van der Waals surface area contributed by atoms with Crippen molar-refractivity contribution in [3.05, 3.63) is 0 Å². The van der Waals surface area contributed by atoms with Crippen LogP contribution in [0.5, 0.6) is 0 Å². The second-order valence-corrected chi connectivity index (χ2v) is 7.88. The molecule has 0 radical (unpaired) electrons. The summed E-state index contributed by atoms with van der Waals surface area (Å²) in [4.78, 5) is 6.41. The van der Waals surface area contributed by atoms with Crippen LogP contribution in [-0.4, -0.2) is 84.6 Å². The lowest BCUT2D eigenvalue weighted by Crippen LogP contribution is -2.43. The molecule has 0 heterocycles. The lowest BCUT2D eigenvalue weighted by Gasteiger charge is -2.33. The van der Waals surface area contributed by atoms with E-state index in [1.807, 2.05) is 39.8 Å². The number of hydrogen-bond acceptors (Lipinski definition) is 5. The summed E-state index contributed by atoms with van der Waals surface area (Å²) in [5.74, 6) is 0. The fourth-order valence-electron chi connectivity index (χ4n) is 1.12. The minimum absolute atomic E-state index is 0.162. The first-order valence-corrected chi connectivity index (χ1v) is 7.15. The summed E-state index contributed by atoms with van der Waals surface area (Å²) >= 11 is 0. The zero-order valence-electron chi connectivity index (χ0n) is 15.7. The van der Waals surface area contributed by atoms with E-state index in [1.165, 1.54) is 5.06 Å². The first kappa shape index (κ1) is 22.1. The molecule has 1 N–H and O–H groups in total. The molecule has 0 saturated carbocycles. The maximum atomic E-state index is 9.35. The lowest BCUT2D eigenvalue weighted by molar-refractivity contribution is -0.176. The number of nitrogens with zero attached hydrogens (tertiary/aromatic N) is 4. The molecule has 20 heavy (non-hydrogen) atoms. The van der Waals surface area contributed by atoms with Crippen molar-refractivity contribution in [1.82, 2.24) is 19.8 Å². The van der Waals surface area contributed by atoms with Crippen molar-refractivity contribution in [2.45, 2.75) is 52.6 Å². The summed E-state index contributed by atoms with van der Waals surface area (Å²) < 4.78 is 0. The molecule has 5 nitrogen and oxygen atoms in total. The molecule has 0 aliphatic rings. The highest BCUT2D eigenvalue weighted by molar-refractivity contribution is 4.71. The Labute approximate surface area is 127 Å². The van der Waals surface area contributed by atoms with Gasteiger partial charge in [-0.05, 0) is 76.8 Å². The van der Waals surface area contributed by atoms with Crippen LogP contribution in [0.3, 0.4) is 0 Å². The monoisotopic (exact) mass is 290 g/mol. The molecule has 0 aromatic carbocycles. The van der Waals surface area contributed by atoms with Crippen LogP contribution in [0.25, 0.3) is 0 Å². The normalized spacial score (nSPS) is 13.2. The van der Waals surface area contributed by atoms with Crippen molar-refractivity contribution in [3.8, 4) is 0 Å². The van der Waals surface area contributed by atoms with Gasteiger partial charge < -0.3 is 5.21 Å². The Morgan fingerprint density at radius 2 is 1.00 bits per heavy atom. The molecule has 0 aliphatic carbocycles. The summed E-state index contributed by atoms with van der Waals surface area (Å²) in [5, 5.41) is 10.7. The first-order valence-electron chi connectivity index (χ1n) is 7.15. The third-order valence-electron chi connectivity index (χ3n) is 2.83. The van der Waals surface area contributed by atoms with Gasteiger partial charge in [0.1, 0.15) is 0 Å². The van der Waals surface area contributed by atoms with E-state index in [1.54, 1.807) is 0 Å². The van der Waals surface area contributed by atoms with E-state index in [2.05, 4.69) is 51.7 Å². The topological polar surface area (TPSA) is 33.2 Å². The van der Waals surface area contributed by atoms with E-state index in [0.29, 0.717) is 6.67 Å². The standard InChI is InChI=1S/C8H20N2.C7H18N2O/c1-8(2,3)10(6)7-9(4)5;1-7(2,3)9(10)6-8(4)5/h7H2,1-6H3;10H,6H2,1-5H3. The van der Waals surface area contributed by atoms with Crippen LogP contribution in [0.2, 0.25) is 0 Å². The summed E-state index contributed by atoms with van der Waals surface area (Å²) in [6.07, 6.45) is 0. The third kappa shape index (κ3) is 12.8. The largest absolute Gasteiger partial charge is 0.312 e. The fraction of sp³-hybridized carbons (Fsp3) is 1.00. The number of hydroxylamine groups is 2. The Kier molecular flexibility index (Phi) is 9.88. The van der Waals surface area contributed by atoms with Gasteiger partial charge in [-0.25, -0.2) is 0 Å². The predicted molar refractivity (Wildman–Crippen MR) is 88.0 cm³/mol. The Morgan fingerprint density at radius 3 is 1.10 bits per heavy atom. The maximum Gasteiger partial charge on any atom is 0.0755 e. The van der Waals surface area contributed by atoms with Crippen molar-refractivity contribution in [3.63, 3.8) is 0 Å². The molecular weight excluding hydrogens is 252 g/mol. The van der Waals surface area contributed by atoms with Crippen molar-refractivity contribution >= 4 is 0 Å². The Bertz CT molecular complexity index is 215. The Balaban J connectivity index is 0. The van der Waals surface area contributed by atoms with E-state index in [9.17, 15) is 5.21 Å². The van der Waals surface area contributed by atoms with Crippen LogP contribution in [-0.2, 0) is 0 Å². The summed E-state index contributed by atoms with van der Waals surface area (Å²) in [5.41, 5.74) is 0.120. The molecule has 124 valence electrons. The number of hydrogen-bond donors (Lipinski definition) is 1. The van der Waals surface area contributed by atoms with Gasteiger partial charge >= 0.3 is 0 Å². The van der Waals surface area contributed by atoms with Gasteiger partial charge in [-0.15, -0.1) is 0 Å². The van der Waals surface area contributed by atoms with Crippen molar-refractivity contribution in [2.75, 3.05) is 48.6 Å². The average molecular weight is 290 g/mol. The van der Waals surface area contributed by atoms with E-state index in [0.717, 1.165) is 6.67 Å². The first-order chi connectivity index (χ1) is 8.67. The molecule has 0 rings (SSSR count). The van der Waals surface area contributed by atoms with E-state index in [4.69, 9.17) is 0 Å². The second kappa shape index (κ2) is 8.95. The summed E-state index contributed by atoms with van der Waals surface area (Å²) in [6, 6.07) is 0. The molecule has 5 heteroatoms. The van der Waals surface area contributed by atoms with E-state index >= 15 is 0 Å². The van der Waals surface area contributed by atoms with Gasteiger partial charge in [-0.1, -0.05) is 0 Å². The van der Waals surface area contributed by atoms with Gasteiger partial charge in [0.25, 0.3) is 0 Å². The molecule has 0 unspecified atom stereocenters.